The van der Waals surface area contributed by atoms with Gasteiger partial charge in [-0.2, -0.15) is 0 Å². The molecule has 1 saturated heterocycles. The van der Waals surface area contributed by atoms with Crippen LogP contribution in [0.25, 0.3) is 22.4 Å². The van der Waals surface area contributed by atoms with E-state index in [0.29, 0.717) is 36.1 Å². The van der Waals surface area contributed by atoms with Gasteiger partial charge in [0.1, 0.15) is 11.4 Å². The highest BCUT2D eigenvalue weighted by atomic mass is 19.1. The Bertz CT molecular complexity index is 2130. The van der Waals surface area contributed by atoms with Gasteiger partial charge in [-0.15, -0.1) is 0 Å². The maximum absolute atomic E-state index is 14.5. The topological polar surface area (TPSA) is 122 Å². The van der Waals surface area contributed by atoms with Gasteiger partial charge in [-0.05, 0) is 92.5 Å². The number of rotatable bonds is 12. The number of hydrogen-bond donors (Lipinski definition) is 1. The van der Waals surface area contributed by atoms with Crippen molar-refractivity contribution < 1.29 is 32.9 Å². The molecule has 1 aliphatic heterocycles. The molecule has 4 aromatic carbocycles. The van der Waals surface area contributed by atoms with Crippen molar-refractivity contribution in [2.45, 2.75) is 84.2 Å². The first-order valence-electron chi connectivity index (χ1n) is 18.5. The van der Waals surface area contributed by atoms with Gasteiger partial charge < -0.3 is 23.9 Å². The van der Waals surface area contributed by atoms with Crippen molar-refractivity contribution in [1.82, 2.24) is 4.57 Å². The lowest BCUT2D eigenvalue weighted by molar-refractivity contribution is -0.384. The molecule has 0 spiro atoms. The Kier molecular flexibility index (Phi) is 12.0. The van der Waals surface area contributed by atoms with Crippen LogP contribution >= 0.6 is 0 Å². The summed E-state index contributed by atoms with van der Waals surface area (Å²) in [7, 11) is -0.982. The van der Waals surface area contributed by atoms with Crippen molar-refractivity contribution in [2.24, 2.45) is 0 Å². The molecule has 1 aromatic heterocycles. The summed E-state index contributed by atoms with van der Waals surface area (Å²) < 4.78 is 34.9. The third-order valence-corrected chi connectivity index (χ3v) is 9.29. The Balaban J connectivity index is 1.44. The summed E-state index contributed by atoms with van der Waals surface area (Å²) in [5.74, 6) is -1.21. The molecule has 5 aromatic rings. The van der Waals surface area contributed by atoms with Crippen LogP contribution in [0.3, 0.4) is 0 Å². The number of nitrogens with zero attached hydrogens (tertiary/aromatic N) is 2. The number of nitrogens with one attached hydrogen (secondary N) is 1. The monoisotopic (exact) mass is 745 g/mol. The number of nitro benzene ring substituents is 1. The summed E-state index contributed by atoms with van der Waals surface area (Å²) in [6.45, 7) is 9.84. The predicted molar refractivity (Wildman–Crippen MR) is 212 cm³/mol. The molecule has 1 aliphatic rings. The summed E-state index contributed by atoms with van der Waals surface area (Å²) in [5.41, 5.74) is 4.62. The Hall–Kier alpha value is -5.59. The molecule has 0 radical (unpaired) electrons. The largest absolute Gasteiger partial charge is 0.494 e. The molecule has 0 aliphatic carbocycles. The fourth-order valence-electron chi connectivity index (χ4n) is 7.10. The molecule has 12 heteroatoms. The lowest BCUT2D eigenvalue weighted by atomic mass is 9.76. The summed E-state index contributed by atoms with van der Waals surface area (Å²) >= 11 is 0. The summed E-state index contributed by atoms with van der Waals surface area (Å²) in [6.07, 6.45) is -0.323. The van der Waals surface area contributed by atoms with Crippen LogP contribution in [-0.4, -0.2) is 46.3 Å². The van der Waals surface area contributed by atoms with E-state index in [4.69, 9.17) is 14.0 Å². The average molecular weight is 746 g/mol. The number of non-ortho nitro benzene ring substituents is 1. The molecule has 2 atom stereocenters. The van der Waals surface area contributed by atoms with E-state index >= 15 is 0 Å². The standard InChI is InChI=1S/C43H45BFN3O7/c1-28(2)40-39(42(50)46-33-16-10-7-11-17-33)38(29-13-8-6-9-14-29)41(30-19-21-32(45)22-20-30)47(40)24-23-35-26-36(27-37(49)53-43(3,4)5)55-44(54-35)31-15-12-18-34(25-31)48(51)52/h6-22,25,28,35-36H,23-24,26-27H2,1-5H3,(H,46,50)/t35-,36-/m1/s1. The van der Waals surface area contributed by atoms with Crippen molar-refractivity contribution in [1.29, 1.82) is 0 Å². The van der Waals surface area contributed by atoms with Crippen molar-refractivity contribution in [3.63, 3.8) is 0 Å². The van der Waals surface area contributed by atoms with Crippen LogP contribution in [0.2, 0.25) is 0 Å². The number of amides is 1. The van der Waals surface area contributed by atoms with Gasteiger partial charge in [0.05, 0.1) is 28.7 Å². The van der Waals surface area contributed by atoms with Gasteiger partial charge in [-0.1, -0.05) is 74.5 Å². The van der Waals surface area contributed by atoms with Gasteiger partial charge >= 0.3 is 13.1 Å². The molecule has 2 heterocycles. The molecule has 1 fully saturated rings. The zero-order valence-electron chi connectivity index (χ0n) is 31.7. The Labute approximate surface area is 320 Å². The van der Waals surface area contributed by atoms with E-state index in [-0.39, 0.29) is 29.8 Å². The molecule has 0 saturated carbocycles. The first-order valence-corrected chi connectivity index (χ1v) is 18.5. The number of hydrogen-bond acceptors (Lipinski definition) is 7. The number of benzene rings is 4. The molecule has 55 heavy (non-hydrogen) atoms. The van der Waals surface area contributed by atoms with E-state index in [1.165, 1.54) is 24.3 Å². The number of esters is 1. The normalized spacial score (nSPS) is 15.9. The minimum atomic E-state index is -0.982. The summed E-state index contributed by atoms with van der Waals surface area (Å²) in [6, 6.07) is 31.3. The minimum absolute atomic E-state index is 0.0356. The number of aromatic nitrogens is 1. The van der Waals surface area contributed by atoms with Gasteiger partial charge in [0.25, 0.3) is 11.6 Å². The zero-order chi connectivity index (χ0) is 39.3. The van der Waals surface area contributed by atoms with Crippen molar-refractivity contribution >= 4 is 35.8 Å². The van der Waals surface area contributed by atoms with E-state index < -0.39 is 35.8 Å². The van der Waals surface area contributed by atoms with Crippen LogP contribution in [0.5, 0.6) is 0 Å². The van der Waals surface area contributed by atoms with E-state index in [9.17, 15) is 24.1 Å². The van der Waals surface area contributed by atoms with Gasteiger partial charge in [0, 0.05) is 41.7 Å². The van der Waals surface area contributed by atoms with Crippen molar-refractivity contribution in [3.8, 4) is 22.4 Å². The van der Waals surface area contributed by atoms with Crippen molar-refractivity contribution in [3.05, 3.63) is 136 Å². The van der Waals surface area contributed by atoms with E-state index in [0.717, 1.165) is 28.1 Å². The van der Waals surface area contributed by atoms with Crippen LogP contribution in [0.1, 0.15) is 75.9 Å². The number of para-hydroxylation sites is 1. The Morgan fingerprint density at radius 1 is 0.927 bits per heavy atom. The highest BCUT2D eigenvalue weighted by molar-refractivity contribution is 6.61. The smallest absolute Gasteiger partial charge is 0.460 e. The second kappa shape index (κ2) is 16.8. The number of carbonyl (C=O) groups is 2. The second-order valence-electron chi connectivity index (χ2n) is 15.0. The second-order valence-corrected chi connectivity index (χ2v) is 15.0. The fourth-order valence-corrected chi connectivity index (χ4v) is 7.10. The van der Waals surface area contributed by atoms with Gasteiger partial charge in [0.2, 0.25) is 0 Å². The minimum Gasteiger partial charge on any atom is -0.460 e. The molecule has 284 valence electrons. The molecule has 0 bridgehead atoms. The first-order chi connectivity index (χ1) is 26.3. The molecule has 0 unspecified atom stereocenters. The zero-order valence-corrected chi connectivity index (χ0v) is 31.7. The number of ether oxygens (including phenoxy) is 1. The number of carbonyl (C=O) groups excluding carboxylic acids is 2. The van der Waals surface area contributed by atoms with Gasteiger partial charge in [0.15, 0.2) is 0 Å². The van der Waals surface area contributed by atoms with Gasteiger partial charge in [-0.25, -0.2) is 4.39 Å². The number of anilines is 1. The molecular formula is C43H45BFN3O7. The van der Waals surface area contributed by atoms with Crippen LogP contribution in [0.15, 0.2) is 109 Å². The summed E-state index contributed by atoms with van der Waals surface area (Å²) in [5, 5.41) is 14.8. The molecular weight excluding hydrogens is 700 g/mol. The first kappa shape index (κ1) is 39.1. The SMILES string of the molecule is CC(C)c1c(C(=O)Nc2ccccc2)c(-c2ccccc2)c(-c2ccc(F)cc2)n1CC[C@@H]1C[C@H](CC(=O)OC(C)(C)C)OB(c2cccc([N+](=O)[O-])c2)O1. The third-order valence-electron chi connectivity index (χ3n) is 9.29. The van der Waals surface area contributed by atoms with Crippen LogP contribution in [0, 0.1) is 15.9 Å². The highest BCUT2D eigenvalue weighted by Gasteiger charge is 2.38. The third kappa shape index (κ3) is 9.57. The fraction of sp³-hybridized carbons (Fsp3) is 0.302. The van der Waals surface area contributed by atoms with E-state index in [1.807, 2.05) is 74.5 Å². The van der Waals surface area contributed by atoms with E-state index in [1.54, 1.807) is 45.0 Å². The molecule has 1 N–H and O–H groups in total. The Morgan fingerprint density at radius 3 is 2.22 bits per heavy atom. The van der Waals surface area contributed by atoms with Gasteiger partial charge in [-0.3, -0.25) is 19.7 Å². The maximum atomic E-state index is 14.5. The van der Waals surface area contributed by atoms with Crippen LogP contribution in [0.4, 0.5) is 15.8 Å². The van der Waals surface area contributed by atoms with E-state index in [2.05, 4.69) is 9.88 Å². The number of nitro groups is 1. The molecule has 10 nitrogen and oxygen atoms in total. The summed E-state index contributed by atoms with van der Waals surface area (Å²) in [4.78, 5) is 38.7. The van der Waals surface area contributed by atoms with Crippen LogP contribution < -0.4 is 10.8 Å². The van der Waals surface area contributed by atoms with Crippen LogP contribution in [-0.2, 0) is 25.4 Å². The quantitative estimate of drug-likeness (QED) is 0.0586. The molecule has 1 amide bonds. The highest BCUT2D eigenvalue weighted by Crippen LogP contribution is 2.43. The van der Waals surface area contributed by atoms with Crippen molar-refractivity contribution in [2.75, 3.05) is 5.32 Å². The lowest BCUT2D eigenvalue weighted by Gasteiger charge is -2.35. The molecule has 6 rings (SSSR count). The Morgan fingerprint density at radius 2 is 1.58 bits per heavy atom. The maximum Gasteiger partial charge on any atom is 0.494 e. The predicted octanol–water partition coefficient (Wildman–Crippen LogP) is 8.94. The number of halogens is 1. The average Bonchev–Trinajstić information content (AvgIpc) is 3.50. The lowest BCUT2D eigenvalue weighted by Crippen LogP contribution is -2.49.